The SMILES string of the molecule is ICC1(I)N=C(c2ccccc2)Oc2ccccc21. The predicted octanol–water partition coefficient (Wildman–Crippen LogP) is 4.55. The number of ether oxygens (including phenoxy) is 1. The van der Waals surface area contributed by atoms with Gasteiger partial charge < -0.3 is 4.74 Å². The van der Waals surface area contributed by atoms with E-state index in [9.17, 15) is 0 Å². The maximum Gasteiger partial charge on any atom is 0.223 e. The Morgan fingerprint density at radius 2 is 1.68 bits per heavy atom. The van der Waals surface area contributed by atoms with Crippen molar-refractivity contribution in [2.24, 2.45) is 4.99 Å². The molecule has 1 aliphatic heterocycles. The summed E-state index contributed by atoms with van der Waals surface area (Å²) in [4.78, 5) is 4.82. The van der Waals surface area contributed by atoms with Gasteiger partial charge in [-0.3, -0.25) is 0 Å². The van der Waals surface area contributed by atoms with Gasteiger partial charge in [0.15, 0.2) is 3.55 Å². The number of fused-ring (bicyclic) bond motifs is 1. The van der Waals surface area contributed by atoms with Gasteiger partial charge in [-0.25, -0.2) is 4.99 Å². The third-order valence-corrected chi connectivity index (χ3v) is 6.75. The first-order chi connectivity index (χ1) is 9.23. The molecule has 0 bridgehead atoms. The van der Waals surface area contributed by atoms with Crippen LogP contribution in [0, 0.1) is 0 Å². The molecule has 19 heavy (non-hydrogen) atoms. The summed E-state index contributed by atoms with van der Waals surface area (Å²) < 4.78 is 6.61. The van der Waals surface area contributed by atoms with Crippen molar-refractivity contribution in [3.8, 4) is 5.75 Å². The van der Waals surface area contributed by atoms with Gasteiger partial charge in [0.25, 0.3) is 0 Å². The Bertz CT molecular complexity index is 627. The van der Waals surface area contributed by atoms with Crippen molar-refractivity contribution in [2.45, 2.75) is 3.55 Å². The van der Waals surface area contributed by atoms with Gasteiger partial charge in [-0.1, -0.05) is 59.0 Å². The van der Waals surface area contributed by atoms with Crippen LogP contribution in [0.4, 0.5) is 0 Å². The Balaban J connectivity index is 2.12. The summed E-state index contributed by atoms with van der Waals surface area (Å²) in [5.41, 5.74) is 2.16. The van der Waals surface area contributed by atoms with E-state index in [1.54, 1.807) is 0 Å². The fourth-order valence-corrected chi connectivity index (χ4v) is 3.27. The Kier molecular flexibility index (Phi) is 3.79. The average molecular weight is 475 g/mol. The first-order valence-corrected chi connectivity index (χ1v) is 8.51. The predicted molar refractivity (Wildman–Crippen MR) is 94.6 cm³/mol. The molecule has 0 saturated heterocycles. The number of nitrogens with zero attached hydrogens (tertiary/aromatic N) is 1. The smallest absolute Gasteiger partial charge is 0.223 e. The summed E-state index contributed by atoms with van der Waals surface area (Å²) in [5, 5.41) is 0. The average Bonchev–Trinajstić information content (AvgIpc) is 2.48. The molecular weight excluding hydrogens is 464 g/mol. The van der Waals surface area contributed by atoms with Gasteiger partial charge >= 0.3 is 0 Å². The molecule has 0 spiro atoms. The van der Waals surface area contributed by atoms with Crippen molar-refractivity contribution in [3.05, 3.63) is 65.7 Å². The number of alkyl halides is 2. The van der Waals surface area contributed by atoms with Crippen LogP contribution in [0.2, 0.25) is 0 Å². The second-order valence-corrected chi connectivity index (χ2v) is 6.82. The minimum absolute atomic E-state index is 0.252. The summed E-state index contributed by atoms with van der Waals surface area (Å²) in [7, 11) is 0. The highest BCUT2D eigenvalue weighted by molar-refractivity contribution is 14.1. The minimum atomic E-state index is -0.252. The molecule has 0 saturated carbocycles. The second kappa shape index (κ2) is 5.40. The maximum absolute atomic E-state index is 5.96. The van der Waals surface area contributed by atoms with Crippen LogP contribution in [-0.2, 0) is 3.55 Å². The summed E-state index contributed by atoms with van der Waals surface area (Å²) in [6.45, 7) is 0. The van der Waals surface area contributed by atoms with Crippen LogP contribution in [0.1, 0.15) is 11.1 Å². The van der Waals surface area contributed by atoms with Crippen LogP contribution in [-0.4, -0.2) is 10.3 Å². The van der Waals surface area contributed by atoms with E-state index >= 15 is 0 Å². The minimum Gasteiger partial charge on any atom is -0.438 e. The van der Waals surface area contributed by atoms with Crippen LogP contribution < -0.4 is 4.74 Å². The summed E-state index contributed by atoms with van der Waals surface area (Å²) >= 11 is 4.79. The van der Waals surface area contributed by atoms with E-state index in [1.165, 1.54) is 0 Å². The number of halogens is 2. The molecule has 4 heteroatoms. The molecule has 0 aliphatic carbocycles. The van der Waals surface area contributed by atoms with E-state index in [4.69, 9.17) is 9.73 Å². The van der Waals surface area contributed by atoms with E-state index in [0.717, 1.165) is 21.3 Å². The van der Waals surface area contributed by atoms with Crippen molar-refractivity contribution in [2.75, 3.05) is 4.43 Å². The fourth-order valence-electron chi connectivity index (χ4n) is 2.03. The number of hydrogen-bond donors (Lipinski definition) is 0. The molecule has 2 aromatic rings. The maximum atomic E-state index is 5.96. The lowest BCUT2D eigenvalue weighted by Gasteiger charge is -2.29. The highest BCUT2D eigenvalue weighted by atomic mass is 127. The van der Waals surface area contributed by atoms with Crippen LogP contribution in [0.3, 0.4) is 0 Å². The molecule has 1 aliphatic rings. The number of benzene rings is 2. The quantitative estimate of drug-likeness (QED) is 0.355. The van der Waals surface area contributed by atoms with Crippen molar-refractivity contribution in [1.29, 1.82) is 0 Å². The van der Waals surface area contributed by atoms with Crippen LogP contribution in [0.5, 0.6) is 5.75 Å². The molecule has 0 amide bonds. The van der Waals surface area contributed by atoms with Gasteiger partial charge in [0.2, 0.25) is 5.90 Å². The van der Waals surface area contributed by atoms with Crippen LogP contribution in [0.15, 0.2) is 59.6 Å². The standard InChI is InChI=1S/C15H11I2NO/c16-10-15(17)12-8-4-5-9-13(12)19-14(18-15)11-6-2-1-3-7-11/h1-9H,10H2. The molecule has 3 rings (SSSR count). The molecule has 0 radical (unpaired) electrons. The molecular formula is C15H11I2NO. The lowest BCUT2D eigenvalue weighted by atomic mass is 10.1. The van der Waals surface area contributed by atoms with Crippen molar-refractivity contribution in [3.63, 3.8) is 0 Å². The Hall–Kier alpha value is -0.630. The van der Waals surface area contributed by atoms with Crippen molar-refractivity contribution in [1.82, 2.24) is 0 Å². The Labute approximate surface area is 139 Å². The zero-order valence-electron chi connectivity index (χ0n) is 10.0. The normalized spacial score (nSPS) is 21.3. The van der Waals surface area contributed by atoms with Gasteiger partial charge in [0.05, 0.1) is 0 Å². The molecule has 1 unspecified atom stereocenters. The molecule has 2 nitrogen and oxygen atoms in total. The van der Waals surface area contributed by atoms with Crippen molar-refractivity contribution < 1.29 is 4.74 Å². The second-order valence-electron chi connectivity index (χ2n) is 4.27. The van der Waals surface area contributed by atoms with E-state index in [-0.39, 0.29) is 3.55 Å². The Morgan fingerprint density at radius 3 is 2.42 bits per heavy atom. The third-order valence-electron chi connectivity index (χ3n) is 2.98. The summed E-state index contributed by atoms with van der Waals surface area (Å²) in [6.07, 6.45) is 0. The molecule has 1 atom stereocenters. The lowest BCUT2D eigenvalue weighted by molar-refractivity contribution is 0.503. The largest absolute Gasteiger partial charge is 0.438 e. The van der Waals surface area contributed by atoms with Crippen LogP contribution in [0.25, 0.3) is 0 Å². The Morgan fingerprint density at radius 1 is 1.00 bits per heavy atom. The fraction of sp³-hybridized carbons (Fsp3) is 0.133. The van der Waals surface area contributed by atoms with E-state index in [1.807, 2.05) is 48.5 Å². The number of para-hydroxylation sites is 1. The molecule has 1 heterocycles. The zero-order chi connectivity index (χ0) is 13.3. The molecule has 2 aromatic carbocycles. The monoisotopic (exact) mass is 475 g/mol. The van der Waals surface area contributed by atoms with Gasteiger partial charge in [-0.15, -0.1) is 0 Å². The van der Waals surface area contributed by atoms with Crippen molar-refractivity contribution >= 4 is 51.1 Å². The number of rotatable bonds is 2. The molecule has 0 N–H and O–H groups in total. The van der Waals surface area contributed by atoms with E-state index in [0.29, 0.717) is 5.90 Å². The highest BCUT2D eigenvalue weighted by Crippen LogP contribution is 2.44. The molecule has 96 valence electrons. The van der Waals surface area contributed by atoms with E-state index in [2.05, 4.69) is 51.2 Å². The first-order valence-electron chi connectivity index (χ1n) is 5.90. The van der Waals surface area contributed by atoms with Crippen LogP contribution >= 0.6 is 45.2 Å². The van der Waals surface area contributed by atoms with Gasteiger partial charge in [0.1, 0.15) is 5.75 Å². The third kappa shape index (κ3) is 2.52. The van der Waals surface area contributed by atoms with E-state index < -0.39 is 0 Å². The topological polar surface area (TPSA) is 21.6 Å². The number of aliphatic imine (C=N–C) groups is 1. The first kappa shape index (κ1) is 13.4. The molecule has 0 fully saturated rings. The zero-order valence-corrected chi connectivity index (χ0v) is 14.3. The summed E-state index contributed by atoms with van der Waals surface area (Å²) in [5.74, 6) is 1.60. The number of hydrogen-bond acceptors (Lipinski definition) is 2. The van der Waals surface area contributed by atoms with Gasteiger partial charge in [0, 0.05) is 15.6 Å². The lowest BCUT2D eigenvalue weighted by Crippen LogP contribution is -2.28. The highest BCUT2D eigenvalue weighted by Gasteiger charge is 2.35. The molecule has 0 aromatic heterocycles. The van der Waals surface area contributed by atoms with Gasteiger partial charge in [-0.2, -0.15) is 0 Å². The van der Waals surface area contributed by atoms with Gasteiger partial charge in [-0.05, 0) is 40.8 Å². The summed E-state index contributed by atoms with van der Waals surface area (Å²) in [6, 6.07) is 18.2.